The van der Waals surface area contributed by atoms with E-state index in [-0.39, 0.29) is 11.1 Å². The molecule has 0 bridgehead atoms. The highest BCUT2D eigenvalue weighted by molar-refractivity contribution is 7.80. The highest BCUT2D eigenvalue weighted by Gasteiger charge is 2.30. The number of hydrogen-bond donors (Lipinski definition) is 1. The second-order valence-electron chi connectivity index (χ2n) is 4.68. The standard InChI is InChI=1S/C13H19NOS/c1-4-12(13(15)16)14(2,3)10-11-8-6-5-7-9-11/h5-9,12H,4,10H2,1-3H3/p+1/t12-/m1/s1. The topological polar surface area (TPSA) is 20.2 Å². The van der Waals surface area contributed by atoms with Gasteiger partial charge in [0, 0.05) is 12.0 Å². The quantitative estimate of drug-likeness (QED) is 0.629. The van der Waals surface area contributed by atoms with Crippen LogP contribution in [-0.4, -0.2) is 34.8 Å². The number of nitrogens with zero attached hydrogens (tertiary/aromatic N) is 1. The van der Waals surface area contributed by atoms with Crippen molar-refractivity contribution in [1.29, 1.82) is 0 Å². The van der Waals surface area contributed by atoms with E-state index >= 15 is 0 Å². The van der Waals surface area contributed by atoms with Crippen molar-refractivity contribution >= 4 is 17.3 Å². The second-order valence-corrected chi connectivity index (χ2v) is 5.10. The molecule has 0 aromatic heterocycles. The van der Waals surface area contributed by atoms with Crippen LogP contribution in [0, 0.1) is 0 Å². The molecule has 0 aliphatic rings. The molecule has 0 radical (unpaired) electrons. The molecule has 1 rings (SSSR count). The molecule has 88 valence electrons. The van der Waals surface area contributed by atoms with Gasteiger partial charge in [0.15, 0.2) is 6.04 Å². The maximum absolute atomic E-state index is 9.54. The summed E-state index contributed by atoms with van der Waals surface area (Å²) in [5, 5.41) is 9.66. The summed E-state index contributed by atoms with van der Waals surface area (Å²) in [7, 11) is 4.20. The third-order valence-electron chi connectivity index (χ3n) is 2.95. The summed E-state index contributed by atoms with van der Waals surface area (Å²) in [5.74, 6) is 0. The summed E-state index contributed by atoms with van der Waals surface area (Å²) in [6.07, 6.45) is 0.856. The normalized spacial score (nSPS) is 13.4. The highest BCUT2D eigenvalue weighted by Crippen LogP contribution is 2.17. The number of rotatable bonds is 5. The van der Waals surface area contributed by atoms with Crippen molar-refractivity contribution in [3.8, 4) is 0 Å². The minimum atomic E-state index is 0.0233. The molecule has 0 saturated carbocycles. The summed E-state index contributed by atoms with van der Waals surface area (Å²) in [6.45, 7) is 2.93. The molecule has 16 heavy (non-hydrogen) atoms. The van der Waals surface area contributed by atoms with E-state index < -0.39 is 0 Å². The SMILES string of the molecule is CC[C@H](C(O)=S)[N+](C)(C)Cc1ccccc1. The van der Waals surface area contributed by atoms with Crippen LogP contribution in [0.5, 0.6) is 0 Å². The predicted molar refractivity (Wildman–Crippen MR) is 71.6 cm³/mol. The largest absolute Gasteiger partial charge is 0.498 e. The summed E-state index contributed by atoms with van der Waals surface area (Å²) in [5.41, 5.74) is 1.27. The van der Waals surface area contributed by atoms with E-state index in [2.05, 4.69) is 33.2 Å². The average Bonchev–Trinajstić information content (AvgIpc) is 2.18. The summed E-state index contributed by atoms with van der Waals surface area (Å²) in [6, 6.07) is 10.3. The number of quaternary nitrogens is 1. The molecular weight excluding hydrogens is 218 g/mol. The lowest BCUT2D eigenvalue weighted by molar-refractivity contribution is -0.918. The van der Waals surface area contributed by atoms with Gasteiger partial charge in [0.05, 0.1) is 14.1 Å². The third kappa shape index (κ3) is 3.29. The van der Waals surface area contributed by atoms with Gasteiger partial charge in [-0.05, 0) is 12.2 Å². The fraction of sp³-hybridized carbons (Fsp3) is 0.462. The van der Waals surface area contributed by atoms with Gasteiger partial charge < -0.3 is 9.59 Å². The van der Waals surface area contributed by atoms with Crippen LogP contribution in [0.15, 0.2) is 30.3 Å². The van der Waals surface area contributed by atoms with Crippen LogP contribution < -0.4 is 0 Å². The number of aliphatic hydroxyl groups is 1. The first-order chi connectivity index (χ1) is 7.47. The van der Waals surface area contributed by atoms with Gasteiger partial charge in [0.2, 0.25) is 5.05 Å². The molecule has 0 aliphatic heterocycles. The molecule has 1 N–H and O–H groups in total. The van der Waals surface area contributed by atoms with Crippen LogP contribution >= 0.6 is 12.2 Å². The highest BCUT2D eigenvalue weighted by atomic mass is 32.1. The Hall–Kier alpha value is -0.930. The molecular formula is C13H20NOS+. The minimum Gasteiger partial charge on any atom is -0.498 e. The Morgan fingerprint density at radius 3 is 2.31 bits per heavy atom. The van der Waals surface area contributed by atoms with Gasteiger partial charge in [0.1, 0.15) is 6.54 Å². The Kier molecular flexibility index (Phi) is 4.44. The minimum absolute atomic E-state index is 0.0233. The zero-order valence-electron chi connectivity index (χ0n) is 10.2. The van der Waals surface area contributed by atoms with Gasteiger partial charge in [-0.15, -0.1) is 0 Å². The Labute approximate surface area is 103 Å². The van der Waals surface area contributed by atoms with Crippen molar-refractivity contribution in [1.82, 2.24) is 0 Å². The van der Waals surface area contributed by atoms with E-state index in [1.165, 1.54) is 5.56 Å². The molecule has 0 amide bonds. The first kappa shape index (κ1) is 13.1. The van der Waals surface area contributed by atoms with Crippen molar-refractivity contribution < 1.29 is 9.59 Å². The van der Waals surface area contributed by atoms with Crippen molar-refractivity contribution in [3.05, 3.63) is 35.9 Å². The number of thiocarbonyl (C=S) groups is 1. The van der Waals surface area contributed by atoms with E-state index in [1.54, 1.807) is 0 Å². The molecule has 0 saturated heterocycles. The van der Waals surface area contributed by atoms with Crippen LogP contribution in [0.25, 0.3) is 0 Å². The monoisotopic (exact) mass is 238 g/mol. The lowest BCUT2D eigenvalue weighted by Crippen LogP contribution is -2.51. The molecule has 0 heterocycles. The zero-order chi connectivity index (χ0) is 12.2. The molecule has 1 atom stereocenters. The Morgan fingerprint density at radius 1 is 1.31 bits per heavy atom. The van der Waals surface area contributed by atoms with Crippen molar-refractivity contribution in [2.24, 2.45) is 0 Å². The van der Waals surface area contributed by atoms with E-state index in [0.29, 0.717) is 4.48 Å². The second kappa shape index (κ2) is 5.41. The molecule has 1 aromatic carbocycles. The summed E-state index contributed by atoms with van der Waals surface area (Å²) in [4.78, 5) is 0. The molecule has 1 aromatic rings. The van der Waals surface area contributed by atoms with Crippen molar-refractivity contribution in [2.45, 2.75) is 25.9 Å². The van der Waals surface area contributed by atoms with E-state index in [9.17, 15) is 5.11 Å². The smallest absolute Gasteiger partial charge is 0.216 e. The van der Waals surface area contributed by atoms with Crippen LogP contribution in [0.1, 0.15) is 18.9 Å². The van der Waals surface area contributed by atoms with Gasteiger partial charge in [-0.1, -0.05) is 37.3 Å². The molecule has 0 aliphatic carbocycles. The Bertz CT molecular complexity index is 348. The first-order valence-corrected chi connectivity index (χ1v) is 5.97. The van der Waals surface area contributed by atoms with Gasteiger partial charge in [-0.25, -0.2) is 0 Å². The number of hydrogen-bond acceptors (Lipinski definition) is 1. The van der Waals surface area contributed by atoms with E-state index in [0.717, 1.165) is 13.0 Å². The average molecular weight is 238 g/mol. The van der Waals surface area contributed by atoms with Crippen LogP contribution in [0.4, 0.5) is 0 Å². The first-order valence-electron chi connectivity index (χ1n) is 5.56. The van der Waals surface area contributed by atoms with Gasteiger partial charge in [0.25, 0.3) is 0 Å². The van der Waals surface area contributed by atoms with Crippen molar-refractivity contribution in [3.63, 3.8) is 0 Å². The summed E-state index contributed by atoms with van der Waals surface area (Å²) < 4.78 is 0.690. The fourth-order valence-corrected chi connectivity index (χ4v) is 2.58. The number of likely N-dealkylation sites (N-methyl/N-ethyl adjacent to an activating group) is 1. The molecule has 0 spiro atoms. The van der Waals surface area contributed by atoms with E-state index in [4.69, 9.17) is 12.2 Å². The lowest BCUT2D eigenvalue weighted by Gasteiger charge is -2.36. The number of benzene rings is 1. The fourth-order valence-electron chi connectivity index (χ4n) is 2.13. The number of aliphatic hydroxyl groups excluding tert-OH is 1. The Morgan fingerprint density at radius 2 is 1.88 bits per heavy atom. The Balaban J connectivity index is 2.81. The molecule has 2 nitrogen and oxygen atoms in total. The molecule has 3 heteroatoms. The maximum Gasteiger partial charge on any atom is 0.216 e. The van der Waals surface area contributed by atoms with Crippen molar-refractivity contribution in [2.75, 3.05) is 14.1 Å². The molecule has 0 unspecified atom stereocenters. The van der Waals surface area contributed by atoms with Gasteiger partial charge >= 0.3 is 0 Å². The predicted octanol–water partition coefficient (Wildman–Crippen LogP) is 2.93. The van der Waals surface area contributed by atoms with Crippen LogP contribution in [-0.2, 0) is 6.54 Å². The zero-order valence-corrected chi connectivity index (χ0v) is 11.0. The van der Waals surface area contributed by atoms with Gasteiger partial charge in [-0.2, -0.15) is 0 Å². The van der Waals surface area contributed by atoms with E-state index in [1.807, 2.05) is 18.2 Å². The molecule has 0 fully saturated rings. The van der Waals surface area contributed by atoms with Crippen LogP contribution in [0.2, 0.25) is 0 Å². The summed E-state index contributed by atoms with van der Waals surface area (Å²) >= 11 is 4.92. The third-order valence-corrected chi connectivity index (χ3v) is 3.22. The van der Waals surface area contributed by atoms with Crippen LogP contribution in [0.3, 0.4) is 0 Å². The maximum atomic E-state index is 9.54. The van der Waals surface area contributed by atoms with Gasteiger partial charge in [-0.3, -0.25) is 0 Å². The lowest BCUT2D eigenvalue weighted by atomic mass is 10.1.